The normalized spacial score (nSPS) is 13.3. The summed E-state index contributed by atoms with van der Waals surface area (Å²) in [6.07, 6.45) is 1.92. The molecule has 0 bridgehead atoms. The Kier molecular flexibility index (Phi) is 6.40. The third-order valence-corrected chi connectivity index (χ3v) is 12.3. The van der Waals surface area contributed by atoms with Crippen LogP contribution in [-0.2, 0) is 5.41 Å². The fourth-order valence-electron chi connectivity index (χ4n) is 9.59. The summed E-state index contributed by atoms with van der Waals surface area (Å²) in [4.78, 5) is 10.3. The van der Waals surface area contributed by atoms with Crippen molar-refractivity contribution in [2.75, 3.05) is 0 Å². The smallest absolute Gasteiger partial charge is 0.143 e. The molecule has 0 unspecified atom stereocenters. The summed E-state index contributed by atoms with van der Waals surface area (Å²) in [5, 5.41) is 9.25. The Balaban J connectivity index is 1.05. The molecular weight excluding hydrogens is 681 g/mol. The van der Waals surface area contributed by atoms with Gasteiger partial charge in [-0.05, 0) is 73.1 Å². The second-order valence-electron chi connectivity index (χ2n) is 15.7. The van der Waals surface area contributed by atoms with E-state index in [0.29, 0.717) is 0 Å². The molecule has 3 nitrogen and oxygen atoms in total. The summed E-state index contributed by atoms with van der Waals surface area (Å²) in [6, 6.07) is 59.0. The first kappa shape index (κ1) is 31.3. The minimum Gasteiger partial charge on any atom is -0.455 e. The summed E-state index contributed by atoms with van der Waals surface area (Å²) in [5.74, 6) is 0. The first-order chi connectivity index (χ1) is 27.5. The number of para-hydroxylation sites is 1. The zero-order valence-electron chi connectivity index (χ0n) is 31.0. The third kappa shape index (κ3) is 4.34. The van der Waals surface area contributed by atoms with Gasteiger partial charge >= 0.3 is 0 Å². The summed E-state index contributed by atoms with van der Waals surface area (Å²) >= 11 is 0. The van der Waals surface area contributed by atoms with Crippen molar-refractivity contribution in [3.8, 4) is 44.6 Å². The molecule has 0 saturated carbocycles. The zero-order valence-corrected chi connectivity index (χ0v) is 31.0. The Labute approximate surface area is 323 Å². The van der Waals surface area contributed by atoms with Gasteiger partial charge in [0.25, 0.3) is 0 Å². The number of furan rings is 1. The van der Waals surface area contributed by atoms with Gasteiger partial charge in [-0.15, -0.1) is 0 Å². The maximum Gasteiger partial charge on any atom is 0.143 e. The molecule has 0 aliphatic heterocycles. The van der Waals surface area contributed by atoms with Crippen LogP contribution in [0.25, 0.3) is 110 Å². The quantitative estimate of drug-likeness (QED) is 0.171. The Morgan fingerprint density at radius 3 is 1.89 bits per heavy atom. The topological polar surface area (TPSA) is 38.9 Å². The van der Waals surface area contributed by atoms with Crippen LogP contribution in [0.3, 0.4) is 0 Å². The number of fused-ring (bicyclic) bond motifs is 14. The largest absolute Gasteiger partial charge is 0.455 e. The lowest BCUT2D eigenvalue weighted by atomic mass is 9.82. The van der Waals surface area contributed by atoms with E-state index in [9.17, 15) is 0 Å². The Morgan fingerprint density at radius 1 is 0.429 bits per heavy atom. The van der Waals surface area contributed by atoms with Crippen molar-refractivity contribution < 1.29 is 4.42 Å². The molecule has 3 heteroatoms. The monoisotopic (exact) mass is 714 g/mol. The van der Waals surface area contributed by atoms with Gasteiger partial charge in [-0.2, -0.15) is 0 Å². The maximum absolute atomic E-state index is 7.13. The van der Waals surface area contributed by atoms with Crippen molar-refractivity contribution in [2.45, 2.75) is 19.3 Å². The highest BCUT2D eigenvalue weighted by Crippen LogP contribution is 2.51. The summed E-state index contributed by atoms with van der Waals surface area (Å²) in [6.45, 7) is 4.66. The van der Waals surface area contributed by atoms with Gasteiger partial charge in [0.2, 0.25) is 0 Å². The summed E-state index contributed by atoms with van der Waals surface area (Å²) in [5.41, 5.74) is 15.2. The van der Waals surface area contributed by atoms with Crippen molar-refractivity contribution in [2.24, 2.45) is 0 Å². The minimum absolute atomic E-state index is 0.0490. The van der Waals surface area contributed by atoms with E-state index in [1.54, 1.807) is 0 Å². The number of hydrogen-bond donors (Lipinski definition) is 0. The predicted octanol–water partition coefficient (Wildman–Crippen LogP) is 14.3. The molecule has 56 heavy (non-hydrogen) atoms. The fourth-order valence-corrected chi connectivity index (χ4v) is 9.59. The van der Waals surface area contributed by atoms with Crippen LogP contribution in [0.5, 0.6) is 0 Å². The van der Waals surface area contributed by atoms with Crippen LogP contribution in [-0.4, -0.2) is 9.97 Å². The highest BCUT2D eigenvalue weighted by Gasteiger charge is 2.35. The molecule has 1 aliphatic rings. The molecule has 0 amide bonds. The van der Waals surface area contributed by atoms with Gasteiger partial charge in [0, 0.05) is 43.7 Å². The van der Waals surface area contributed by atoms with Gasteiger partial charge in [-0.3, -0.25) is 4.98 Å². The van der Waals surface area contributed by atoms with E-state index in [0.717, 1.165) is 77.3 Å². The molecule has 262 valence electrons. The van der Waals surface area contributed by atoms with Crippen molar-refractivity contribution in [1.82, 2.24) is 9.97 Å². The average Bonchev–Trinajstić information content (AvgIpc) is 3.76. The first-order valence-corrected chi connectivity index (χ1v) is 19.3. The molecule has 2 aromatic heterocycles. The van der Waals surface area contributed by atoms with E-state index in [2.05, 4.69) is 178 Å². The van der Waals surface area contributed by atoms with E-state index >= 15 is 0 Å². The van der Waals surface area contributed by atoms with E-state index in [1.807, 2.05) is 6.20 Å². The van der Waals surface area contributed by atoms with E-state index in [1.165, 1.54) is 43.8 Å². The van der Waals surface area contributed by atoms with Crippen molar-refractivity contribution in [3.63, 3.8) is 0 Å². The lowest BCUT2D eigenvalue weighted by Gasteiger charge is -2.21. The number of nitrogens with zero attached hydrogens (tertiary/aromatic N) is 2. The lowest BCUT2D eigenvalue weighted by Crippen LogP contribution is -2.14. The average molecular weight is 715 g/mol. The van der Waals surface area contributed by atoms with Gasteiger partial charge < -0.3 is 4.42 Å². The first-order valence-electron chi connectivity index (χ1n) is 19.3. The van der Waals surface area contributed by atoms with Crippen LogP contribution < -0.4 is 0 Å². The van der Waals surface area contributed by atoms with Gasteiger partial charge in [-0.25, -0.2) is 4.98 Å². The Morgan fingerprint density at radius 2 is 1.05 bits per heavy atom. The molecule has 0 fully saturated rings. The van der Waals surface area contributed by atoms with Gasteiger partial charge in [0.1, 0.15) is 11.2 Å². The molecule has 0 spiro atoms. The highest BCUT2D eigenvalue weighted by atomic mass is 16.3. The van der Waals surface area contributed by atoms with Crippen LogP contribution >= 0.6 is 0 Å². The van der Waals surface area contributed by atoms with Crippen LogP contribution in [0.1, 0.15) is 25.0 Å². The van der Waals surface area contributed by atoms with Crippen LogP contribution in [0.4, 0.5) is 0 Å². The highest BCUT2D eigenvalue weighted by molar-refractivity contribution is 6.25. The molecule has 11 aromatic rings. The van der Waals surface area contributed by atoms with Crippen molar-refractivity contribution in [1.29, 1.82) is 0 Å². The van der Waals surface area contributed by atoms with Gasteiger partial charge in [0.05, 0.1) is 22.9 Å². The van der Waals surface area contributed by atoms with Crippen LogP contribution in [0.15, 0.2) is 174 Å². The van der Waals surface area contributed by atoms with E-state index in [-0.39, 0.29) is 5.41 Å². The number of hydrogen-bond acceptors (Lipinski definition) is 3. The van der Waals surface area contributed by atoms with E-state index in [4.69, 9.17) is 14.4 Å². The SMILES string of the molecule is CC1(C)c2ccccc2-c2cc(-c3cc4ccccc4c4c3oc3c(-c5cccc(-c6cnc7c8ccccc8c8ccccc8c7n6)c5)cccc34)ccc21. The third-order valence-electron chi connectivity index (χ3n) is 12.3. The van der Waals surface area contributed by atoms with Crippen molar-refractivity contribution >= 4 is 65.3 Å². The molecule has 0 atom stereocenters. The van der Waals surface area contributed by atoms with Gasteiger partial charge in [0.15, 0.2) is 0 Å². The molecular formula is C53H34N2O. The predicted molar refractivity (Wildman–Crippen MR) is 233 cm³/mol. The van der Waals surface area contributed by atoms with Crippen molar-refractivity contribution in [3.05, 3.63) is 181 Å². The summed E-state index contributed by atoms with van der Waals surface area (Å²) in [7, 11) is 0. The lowest BCUT2D eigenvalue weighted by molar-refractivity contribution is 0.660. The maximum atomic E-state index is 7.13. The fraction of sp³-hybridized carbons (Fsp3) is 0.0566. The second-order valence-corrected chi connectivity index (χ2v) is 15.7. The summed E-state index contributed by atoms with van der Waals surface area (Å²) < 4.78 is 7.13. The molecule has 9 aromatic carbocycles. The number of benzene rings is 9. The van der Waals surface area contributed by atoms with Crippen LogP contribution in [0, 0.1) is 0 Å². The molecule has 2 heterocycles. The number of rotatable bonds is 3. The Bertz CT molecular complexity index is 3430. The standard InChI is InChI=1S/C53H34N2O/c1-53(2)45-24-10-9-19-39(45)44-29-33(25-26-46(44)53)43-28-32-13-3-4-16-35(32)48-42-23-12-22-36(51(42)56-52(43)48)31-14-11-15-34(27-31)47-30-54-49-40-20-7-5-17-37(40)38-18-6-8-21-41(38)50(49)55-47/h3-30H,1-2H3. The second kappa shape index (κ2) is 11.5. The van der Waals surface area contributed by atoms with Gasteiger partial charge in [-0.1, -0.05) is 159 Å². The molecule has 12 rings (SSSR count). The minimum atomic E-state index is -0.0490. The molecule has 1 aliphatic carbocycles. The molecule has 0 N–H and O–H groups in total. The van der Waals surface area contributed by atoms with E-state index < -0.39 is 0 Å². The zero-order chi connectivity index (χ0) is 37.1. The molecule has 0 saturated heterocycles. The number of aromatic nitrogens is 2. The van der Waals surface area contributed by atoms with Crippen LogP contribution in [0.2, 0.25) is 0 Å². The molecule has 0 radical (unpaired) electrons. The Hall–Kier alpha value is -7.10.